The zero-order valence-corrected chi connectivity index (χ0v) is 19.7. The highest BCUT2D eigenvalue weighted by Gasteiger charge is 2.31. The molecule has 8 nitrogen and oxygen atoms in total. The molecule has 10 heteroatoms. The van der Waals surface area contributed by atoms with Gasteiger partial charge in [-0.3, -0.25) is 9.59 Å². The van der Waals surface area contributed by atoms with Gasteiger partial charge in [0.1, 0.15) is 11.6 Å². The molecule has 186 valence electrons. The molecule has 3 heterocycles. The number of hydrogen-bond donors (Lipinski definition) is 3. The third-order valence-electron chi connectivity index (χ3n) is 7.09. The van der Waals surface area contributed by atoms with Gasteiger partial charge in [0.15, 0.2) is 11.1 Å². The number of carbonyl (C=O) groups excluding carboxylic acids is 1. The molecule has 2 aromatic heterocycles. The number of nitrogens with one attached hydrogen (secondary N) is 2. The van der Waals surface area contributed by atoms with E-state index in [0.717, 1.165) is 44.4 Å². The molecule has 2 aromatic carbocycles. The Morgan fingerprint density at radius 1 is 1.22 bits per heavy atom. The average molecular weight is 494 g/mol. The van der Waals surface area contributed by atoms with Gasteiger partial charge in [0.25, 0.3) is 5.56 Å². The van der Waals surface area contributed by atoms with Crippen molar-refractivity contribution in [3.8, 4) is 11.1 Å². The van der Waals surface area contributed by atoms with Crippen LogP contribution in [0.4, 0.5) is 14.5 Å². The largest absolute Gasteiger partial charge is 0.438 e. The van der Waals surface area contributed by atoms with Crippen LogP contribution in [0.1, 0.15) is 43.2 Å². The summed E-state index contributed by atoms with van der Waals surface area (Å²) in [5.41, 5.74) is 7.21. The Bertz CT molecular complexity index is 1600. The molecule has 0 unspecified atom stereocenters. The second kappa shape index (κ2) is 8.41. The monoisotopic (exact) mass is 493 g/mol. The van der Waals surface area contributed by atoms with Crippen LogP contribution in [-0.2, 0) is 11.3 Å². The number of benzene rings is 2. The number of nitrogen functional groups attached to an aromatic ring is 1. The number of nitrogens with zero attached hydrogens (tertiary/aromatic N) is 2. The molecule has 4 N–H and O–H groups in total. The quantitative estimate of drug-likeness (QED) is 0.366. The minimum absolute atomic E-state index is 0.000329. The van der Waals surface area contributed by atoms with Crippen molar-refractivity contribution in [3.05, 3.63) is 57.7 Å². The Kier molecular flexibility index (Phi) is 5.29. The van der Waals surface area contributed by atoms with Gasteiger partial charge in [0.2, 0.25) is 11.8 Å². The predicted molar refractivity (Wildman–Crippen MR) is 131 cm³/mol. The van der Waals surface area contributed by atoms with Crippen molar-refractivity contribution in [1.29, 1.82) is 0 Å². The molecule has 4 aromatic rings. The number of aromatic nitrogens is 2. The van der Waals surface area contributed by atoms with Gasteiger partial charge in [-0.15, -0.1) is 0 Å². The van der Waals surface area contributed by atoms with Crippen LogP contribution in [0.2, 0.25) is 0 Å². The highest BCUT2D eigenvalue weighted by Crippen LogP contribution is 2.41. The number of pyridine rings is 1. The number of aryl methyl sites for hydroxylation is 1. The van der Waals surface area contributed by atoms with E-state index in [0.29, 0.717) is 27.6 Å². The summed E-state index contributed by atoms with van der Waals surface area (Å²) >= 11 is 0. The van der Waals surface area contributed by atoms with Crippen molar-refractivity contribution in [1.82, 2.24) is 20.2 Å². The van der Waals surface area contributed by atoms with Gasteiger partial charge >= 0.3 is 0 Å². The number of hydrogen-bond acceptors (Lipinski definition) is 6. The zero-order valence-electron chi connectivity index (χ0n) is 19.7. The lowest BCUT2D eigenvalue weighted by molar-refractivity contribution is -0.123. The molecule has 1 amide bonds. The minimum atomic E-state index is -0.712. The minimum Gasteiger partial charge on any atom is -0.438 e. The molecule has 36 heavy (non-hydrogen) atoms. The number of anilines is 1. The molecule has 1 atom stereocenters. The first kappa shape index (κ1) is 22.7. The fraction of sp³-hybridized carbons (Fsp3) is 0.346. The molecule has 1 saturated carbocycles. The number of oxazole rings is 1. The summed E-state index contributed by atoms with van der Waals surface area (Å²) in [4.78, 5) is 30.3. The third kappa shape index (κ3) is 3.63. The molecule has 0 spiro atoms. The number of carbonyl (C=O) groups is 1. The van der Waals surface area contributed by atoms with E-state index in [1.807, 2.05) is 0 Å². The standard InChI is InChI=1S/C26H25F2N5O3/c1-12-14(16-9-18(28)19(29)10-17(16)27)6-7-15-23(12)33(13-4-5-13)26(35)22-24(15)36-21(32-22)11-31-25(34)20-3-2-8-30-20/h6-7,9-10,13,20,30H,2-5,8,11,29H2,1H3,(H,31,34)/t20-/m1/s1. The number of amides is 1. The van der Waals surface area contributed by atoms with Crippen LogP contribution in [0.5, 0.6) is 0 Å². The zero-order chi connectivity index (χ0) is 25.1. The van der Waals surface area contributed by atoms with Crippen molar-refractivity contribution < 1.29 is 18.0 Å². The summed E-state index contributed by atoms with van der Waals surface area (Å²) in [5.74, 6) is -1.26. The fourth-order valence-electron chi connectivity index (χ4n) is 5.11. The first-order chi connectivity index (χ1) is 17.3. The lowest BCUT2D eigenvalue weighted by atomic mass is 9.96. The van der Waals surface area contributed by atoms with Gasteiger partial charge in [-0.05, 0) is 62.4 Å². The summed E-state index contributed by atoms with van der Waals surface area (Å²) in [6.07, 6.45) is 3.40. The van der Waals surface area contributed by atoms with Gasteiger partial charge in [0.05, 0.1) is 23.8 Å². The summed E-state index contributed by atoms with van der Waals surface area (Å²) in [6.45, 7) is 2.65. The molecule has 1 saturated heterocycles. The van der Waals surface area contributed by atoms with Crippen LogP contribution >= 0.6 is 0 Å². The highest BCUT2D eigenvalue weighted by molar-refractivity contribution is 6.04. The van der Waals surface area contributed by atoms with Crippen molar-refractivity contribution >= 4 is 33.6 Å². The first-order valence-corrected chi connectivity index (χ1v) is 12.1. The Morgan fingerprint density at radius 2 is 2.03 bits per heavy atom. The smallest absolute Gasteiger partial charge is 0.281 e. The first-order valence-electron chi connectivity index (χ1n) is 12.1. The van der Waals surface area contributed by atoms with E-state index in [1.165, 1.54) is 0 Å². The molecule has 2 aliphatic rings. The Hall–Kier alpha value is -3.79. The molecule has 1 aliphatic carbocycles. The lowest BCUT2D eigenvalue weighted by Gasteiger charge is -2.16. The van der Waals surface area contributed by atoms with Crippen LogP contribution in [0, 0.1) is 18.6 Å². The Balaban J connectivity index is 1.48. The van der Waals surface area contributed by atoms with Gasteiger partial charge < -0.3 is 25.4 Å². The van der Waals surface area contributed by atoms with Gasteiger partial charge in [-0.1, -0.05) is 6.07 Å². The van der Waals surface area contributed by atoms with E-state index >= 15 is 0 Å². The maximum atomic E-state index is 14.8. The summed E-state index contributed by atoms with van der Waals surface area (Å²) in [5, 5.41) is 6.61. The van der Waals surface area contributed by atoms with Crippen LogP contribution in [-0.4, -0.2) is 28.0 Å². The topological polar surface area (TPSA) is 115 Å². The SMILES string of the molecule is Cc1c(-c2cc(F)c(N)cc2F)ccc2c3oc(CNC(=O)[C@H]4CCCN4)nc3c(=O)n(C3CC3)c12. The molecule has 0 bridgehead atoms. The van der Waals surface area contributed by atoms with Crippen LogP contribution in [0.15, 0.2) is 33.5 Å². The fourth-order valence-corrected chi connectivity index (χ4v) is 5.11. The van der Waals surface area contributed by atoms with Crippen molar-refractivity contribution in [2.45, 2.75) is 51.2 Å². The molecule has 2 fully saturated rings. The number of rotatable bonds is 5. The van der Waals surface area contributed by atoms with E-state index in [1.54, 1.807) is 23.6 Å². The third-order valence-corrected chi connectivity index (χ3v) is 7.09. The predicted octanol–water partition coefficient (Wildman–Crippen LogP) is 3.68. The second-order valence-electron chi connectivity index (χ2n) is 9.55. The lowest BCUT2D eigenvalue weighted by Crippen LogP contribution is -2.40. The van der Waals surface area contributed by atoms with Crippen LogP contribution in [0.3, 0.4) is 0 Å². The number of fused-ring (bicyclic) bond motifs is 3. The van der Waals surface area contributed by atoms with E-state index in [9.17, 15) is 18.4 Å². The van der Waals surface area contributed by atoms with E-state index < -0.39 is 11.6 Å². The average Bonchev–Trinajstić information content (AvgIpc) is 3.35. The van der Waals surface area contributed by atoms with Crippen LogP contribution < -0.4 is 21.9 Å². The number of nitrogens with two attached hydrogens (primary N) is 1. The van der Waals surface area contributed by atoms with Gasteiger partial charge in [-0.25, -0.2) is 13.8 Å². The molecule has 1 aliphatic heterocycles. The van der Waals surface area contributed by atoms with E-state index in [2.05, 4.69) is 15.6 Å². The normalized spacial score (nSPS) is 17.8. The summed E-state index contributed by atoms with van der Waals surface area (Å²) in [7, 11) is 0. The van der Waals surface area contributed by atoms with Crippen molar-refractivity contribution in [3.63, 3.8) is 0 Å². The molecule has 6 rings (SSSR count). The number of halogens is 2. The summed E-state index contributed by atoms with van der Waals surface area (Å²) < 4.78 is 36.7. The van der Waals surface area contributed by atoms with Crippen molar-refractivity contribution in [2.24, 2.45) is 0 Å². The maximum Gasteiger partial charge on any atom is 0.281 e. The van der Waals surface area contributed by atoms with E-state index in [4.69, 9.17) is 10.2 Å². The molecule has 0 radical (unpaired) electrons. The Morgan fingerprint density at radius 3 is 2.75 bits per heavy atom. The highest BCUT2D eigenvalue weighted by atomic mass is 19.1. The van der Waals surface area contributed by atoms with Gasteiger partial charge in [0, 0.05) is 23.1 Å². The van der Waals surface area contributed by atoms with E-state index in [-0.39, 0.29) is 52.8 Å². The molecular formula is C26H25F2N5O3. The molecular weight excluding hydrogens is 468 g/mol. The maximum absolute atomic E-state index is 14.8. The Labute approximate surface area is 204 Å². The summed E-state index contributed by atoms with van der Waals surface area (Å²) in [6, 6.07) is 5.22. The van der Waals surface area contributed by atoms with Crippen LogP contribution in [0.25, 0.3) is 33.1 Å². The van der Waals surface area contributed by atoms with Gasteiger partial charge in [-0.2, -0.15) is 0 Å². The second-order valence-corrected chi connectivity index (χ2v) is 9.55. The van der Waals surface area contributed by atoms with Crippen molar-refractivity contribution in [2.75, 3.05) is 12.3 Å².